The van der Waals surface area contributed by atoms with E-state index in [9.17, 15) is 10.1 Å². The van der Waals surface area contributed by atoms with Gasteiger partial charge in [-0.3, -0.25) is 10.1 Å². The highest BCUT2D eigenvalue weighted by Gasteiger charge is 2.37. The van der Waals surface area contributed by atoms with Gasteiger partial charge in [0.1, 0.15) is 0 Å². The third kappa shape index (κ3) is 2.87. The van der Waals surface area contributed by atoms with E-state index in [4.69, 9.17) is 11.6 Å². The van der Waals surface area contributed by atoms with Crippen LogP contribution in [0.15, 0.2) is 60.2 Å². The fourth-order valence-corrected chi connectivity index (χ4v) is 1.78. The van der Waals surface area contributed by atoms with Gasteiger partial charge in [0, 0.05) is 11.0 Å². The molecule has 0 heterocycles. The van der Waals surface area contributed by atoms with Crippen molar-refractivity contribution in [2.45, 2.75) is 11.4 Å². The Balaban J connectivity index is 2.07. The van der Waals surface area contributed by atoms with Crippen molar-refractivity contribution in [3.63, 3.8) is 0 Å². The molecule has 1 unspecified atom stereocenters. The molecular weight excluding hydrogens is 250 g/mol. The maximum atomic E-state index is 10.7. The molecule has 92 valence electrons. The second kappa shape index (κ2) is 5.19. The summed E-state index contributed by atoms with van der Waals surface area (Å²) in [6.07, 6.45) is 8.96. The van der Waals surface area contributed by atoms with E-state index in [1.807, 2.05) is 42.5 Å². The average molecular weight is 262 g/mol. The van der Waals surface area contributed by atoms with Crippen molar-refractivity contribution < 1.29 is 4.92 Å². The van der Waals surface area contributed by atoms with Crippen LogP contribution in [0.5, 0.6) is 0 Å². The Hall–Kier alpha value is -1.87. The lowest BCUT2D eigenvalue weighted by molar-refractivity contribution is -0.527. The normalized spacial score (nSPS) is 23.1. The second-order valence-corrected chi connectivity index (χ2v) is 4.72. The van der Waals surface area contributed by atoms with Gasteiger partial charge in [0.25, 0.3) is 0 Å². The van der Waals surface area contributed by atoms with Crippen molar-refractivity contribution in [3.8, 4) is 0 Å². The molecule has 0 aliphatic heterocycles. The topological polar surface area (TPSA) is 43.1 Å². The fraction of sp³-hybridized carbons (Fsp3) is 0.143. The van der Waals surface area contributed by atoms with E-state index in [1.54, 1.807) is 12.2 Å². The van der Waals surface area contributed by atoms with Crippen LogP contribution in [-0.4, -0.2) is 9.92 Å². The Morgan fingerprint density at radius 2 is 2.00 bits per heavy atom. The number of nitro groups is 1. The molecule has 1 atom stereocenters. The number of alkyl halides is 1. The summed E-state index contributed by atoms with van der Waals surface area (Å²) in [5.74, 6) is 0. The van der Waals surface area contributed by atoms with Crippen molar-refractivity contribution in [1.82, 2.24) is 0 Å². The molecule has 0 saturated heterocycles. The van der Waals surface area contributed by atoms with Crippen LogP contribution in [-0.2, 0) is 0 Å². The van der Waals surface area contributed by atoms with Crippen molar-refractivity contribution >= 4 is 17.7 Å². The smallest absolute Gasteiger partial charge is 0.262 e. The molecule has 0 aromatic heterocycles. The zero-order chi connectivity index (χ0) is 13.0. The molecule has 0 spiro atoms. The van der Waals surface area contributed by atoms with Gasteiger partial charge < -0.3 is 0 Å². The third-order valence-electron chi connectivity index (χ3n) is 2.73. The first-order chi connectivity index (χ1) is 8.60. The molecule has 1 aromatic carbocycles. The van der Waals surface area contributed by atoms with Crippen molar-refractivity contribution in [2.24, 2.45) is 0 Å². The molecule has 1 aliphatic carbocycles. The summed E-state index contributed by atoms with van der Waals surface area (Å²) in [6.45, 7) is 0. The lowest BCUT2D eigenvalue weighted by Gasteiger charge is -2.15. The van der Waals surface area contributed by atoms with Gasteiger partial charge in [-0.2, -0.15) is 0 Å². The van der Waals surface area contributed by atoms with E-state index < -0.39 is 9.92 Å². The zero-order valence-corrected chi connectivity index (χ0v) is 10.4. The third-order valence-corrected chi connectivity index (χ3v) is 3.14. The van der Waals surface area contributed by atoms with E-state index >= 15 is 0 Å². The Morgan fingerprint density at radius 3 is 2.56 bits per heavy atom. The monoisotopic (exact) mass is 261 g/mol. The summed E-state index contributed by atoms with van der Waals surface area (Å²) in [5.41, 5.74) is 2.01. The van der Waals surface area contributed by atoms with E-state index in [0.717, 1.165) is 11.1 Å². The largest absolute Gasteiger partial charge is 0.317 e. The molecule has 1 aliphatic rings. The van der Waals surface area contributed by atoms with Crippen molar-refractivity contribution in [2.75, 3.05) is 0 Å². The van der Waals surface area contributed by atoms with Gasteiger partial charge in [0.05, 0.1) is 6.42 Å². The maximum absolute atomic E-state index is 10.7. The van der Waals surface area contributed by atoms with E-state index in [0.29, 0.717) is 0 Å². The maximum Gasteiger partial charge on any atom is 0.317 e. The number of halogens is 1. The summed E-state index contributed by atoms with van der Waals surface area (Å²) in [6, 6.07) is 9.86. The predicted octanol–water partition coefficient (Wildman–Crippen LogP) is 3.80. The van der Waals surface area contributed by atoms with Gasteiger partial charge >= 0.3 is 5.00 Å². The Kier molecular flexibility index (Phi) is 3.63. The highest BCUT2D eigenvalue weighted by Crippen LogP contribution is 2.28. The molecule has 0 bridgehead atoms. The molecule has 3 nitrogen and oxygen atoms in total. The van der Waals surface area contributed by atoms with Gasteiger partial charge in [-0.15, -0.1) is 0 Å². The second-order valence-electron chi connectivity index (χ2n) is 4.06. The molecule has 1 aromatic rings. The minimum absolute atomic E-state index is 0.201. The minimum Gasteiger partial charge on any atom is -0.262 e. The van der Waals surface area contributed by atoms with Crippen LogP contribution in [0.25, 0.3) is 6.08 Å². The van der Waals surface area contributed by atoms with Crippen LogP contribution in [0.4, 0.5) is 0 Å². The highest BCUT2D eigenvalue weighted by molar-refractivity contribution is 6.24. The molecule has 0 amide bonds. The number of nitrogens with zero attached hydrogens (tertiary/aromatic N) is 1. The predicted molar refractivity (Wildman–Crippen MR) is 72.9 cm³/mol. The molecule has 0 saturated carbocycles. The summed E-state index contributed by atoms with van der Waals surface area (Å²) in [5, 5.41) is 10.7. The van der Waals surface area contributed by atoms with Gasteiger partial charge in [0.2, 0.25) is 0 Å². The van der Waals surface area contributed by atoms with Crippen LogP contribution in [0.2, 0.25) is 0 Å². The van der Waals surface area contributed by atoms with Crippen molar-refractivity contribution in [3.05, 3.63) is 75.9 Å². The van der Waals surface area contributed by atoms with Crippen LogP contribution in [0, 0.1) is 10.1 Å². The van der Waals surface area contributed by atoms with Gasteiger partial charge in [-0.25, -0.2) is 0 Å². The Labute approximate surface area is 110 Å². The number of rotatable bonds is 3. The average Bonchev–Trinajstić information content (AvgIpc) is 2.39. The molecule has 2 rings (SSSR count). The highest BCUT2D eigenvalue weighted by atomic mass is 35.5. The van der Waals surface area contributed by atoms with Crippen molar-refractivity contribution in [1.29, 1.82) is 0 Å². The summed E-state index contributed by atoms with van der Waals surface area (Å²) < 4.78 is 0. The molecule has 0 radical (unpaired) electrons. The first kappa shape index (κ1) is 12.6. The molecule has 4 heteroatoms. The molecular formula is C14H12ClNO2. The Bertz CT molecular complexity index is 534. The quantitative estimate of drug-likeness (QED) is 0.359. The Morgan fingerprint density at radius 1 is 1.28 bits per heavy atom. The molecule has 0 fully saturated rings. The number of hydrogen-bond donors (Lipinski definition) is 0. The number of hydrogen-bond acceptors (Lipinski definition) is 2. The minimum atomic E-state index is -1.48. The van der Waals surface area contributed by atoms with Crippen LogP contribution < -0.4 is 0 Å². The molecule has 18 heavy (non-hydrogen) atoms. The van der Waals surface area contributed by atoms with E-state index in [2.05, 4.69) is 0 Å². The first-order valence-corrected chi connectivity index (χ1v) is 5.94. The lowest BCUT2D eigenvalue weighted by Crippen LogP contribution is -2.29. The summed E-state index contributed by atoms with van der Waals surface area (Å²) >= 11 is 5.84. The standard InChI is InChI=1S/C14H12ClNO2/c15-14(16(17)18)10-8-13(9-11-14)7-6-12-4-2-1-3-5-12/h1-10H,11H2. The van der Waals surface area contributed by atoms with E-state index in [-0.39, 0.29) is 6.42 Å². The SMILES string of the molecule is O=[N+]([O-])C1(Cl)C=CC(C=Cc2ccccc2)=CC1. The van der Waals surface area contributed by atoms with Gasteiger partial charge in [-0.05, 0) is 22.7 Å². The first-order valence-electron chi connectivity index (χ1n) is 5.56. The lowest BCUT2D eigenvalue weighted by atomic mass is 10.0. The zero-order valence-electron chi connectivity index (χ0n) is 9.62. The van der Waals surface area contributed by atoms with Gasteiger partial charge in [0.15, 0.2) is 0 Å². The van der Waals surface area contributed by atoms with Crippen LogP contribution >= 0.6 is 11.6 Å². The van der Waals surface area contributed by atoms with Gasteiger partial charge in [-0.1, -0.05) is 54.6 Å². The van der Waals surface area contributed by atoms with Crippen LogP contribution in [0.3, 0.4) is 0 Å². The molecule has 0 N–H and O–H groups in total. The summed E-state index contributed by atoms with van der Waals surface area (Å²) in [7, 11) is 0. The summed E-state index contributed by atoms with van der Waals surface area (Å²) in [4.78, 5) is 8.78. The number of allylic oxidation sites excluding steroid dienone is 3. The van der Waals surface area contributed by atoms with E-state index in [1.165, 1.54) is 6.08 Å². The fourth-order valence-electron chi connectivity index (χ4n) is 1.64. The van der Waals surface area contributed by atoms with Crippen LogP contribution in [0.1, 0.15) is 12.0 Å². The number of benzene rings is 1.